The quantitative estimate of drug-likeness (QED) is 0.539. The lowest BCUT2D eigenvalue weighted by atomic mass is 10.00. The van der Waals surface area contributed by atoms with Crippen molar-refractivity contribution in [2.45, 2.75) is 55.8 Å². The van der Waals surface area contributed by atoms with Crippen LogP contribution >= 0.6 is 11.6 Å². The van der Waals surface area contributed by atoms with Crippen molar-refractivity contribution in [1.82, 2.24) is 10.2 Å². The van der Waals surface area contributed by atoms with E-state index in [2.05, 4.69) is 5.32 Å². The second-order valence-corrected chi connectivity index (χ2v) is 11.7. The number of halogens is 3. The minimum absolute atomic E-state index is 0.0211. The number of carbonyl (C=O) groups excluding carboxylic acids is 2. The Morgan fingerprint density at radius 2 is 1.91 bits per heavy atom. The van der Waals surface area contributed by atoms with E-state index in [1.165, 1.54) is 43.0 Å². The maximum Gasteiger partial charge on any atom is 0.254 e. The van der Waals surface area contributed by atoms with Gasteiger partial charge >= 0.3 is 0 Å². The van der Waals surface area contributed by atoms with Gasteiger partial charge in [-0.1, -0.05) is 24.6 Å². The van der Waals surface area contributed by atoms with Crippen LogP contribution in [-0.4, -0.2) is 54.2 Å². The molecule has 2 aliphatic rings. The highest BCUT2D eigenvalue weighted by atomic mass is 35.5. The van der Waals surface area contributed by atoms with Crippen LogP contribution in [0, 0.1) is 17.6 Å². The minimum Gasteiger partial charge on any atom is -0.391 e. The predicted octanol–water partition coefficient (Wildman–Crippen LogP) is 3.25. The third kappa shape index (κ3) is 4.92. The van der Waals surface area contributed by atoms with Crippen molar-refractivity contribution < 1.29 is 31.9 Å². The molecule has 4 rings (SSSR count). The molecule has 35 heavy (non-hydrogen) atoms. The average Bonchev–Trinajstić information content (AvgIpc) is 3.48. The Balaban J connectivity index is 1.59. The highest BCUT2D eigenvalue weighted by Crippen LogP contribution is 2.48. The van der Waals surface area contributed by atoms with Crippen LogP contribution in [0.15, 0.2) is 41.3 Å². The van der Waals surface area contributed by atoms with Crippen molar-refractivity contribution in [2.75, 3.05) is 5.75 Å². The fraction of sp³-hybridized carbons (Fsp3) is 0.417. The smallest absolute Gasteiger partial charge is 0.254 e. The number of piperidine rings is 1. The Bertz CT molecular complexity index is 1290. The first kappa shape index (κ1) is 25.5. The number of sulfone groups is 1. The van der Waals surface area contributed by atoms with E-state index in [0.29, 0.717) is 6.42 Å². The predicted molar refractivity (Wildman–Crippen MR) is 125 cm³/mol. The van der Waals surface area contributed by atoms with Gasteiger partial charge in [0.25, 0.3) is 5.91 Å². The van der Waals surface area contributed by atoms with Crippen molar-refractivity contribution in [3.8, 4) is 0 Å². The van der Waals surface area contributed by atoms with E-state index in [1.807, 2.05) is 0 Å². The zero-order valence-electron chi connectivity index (χ0n) is 19.0. The molecule has 2 fully saturated rings. The third-order valence-electron chi connectivity index (χ3n) is 6.62. The Morgan fingerprint density at radius 3 is 2.57 bits per heavy atom. The number of carbonyl (C=O) groups is 2. The van der Waals surface area contributed by atoms with Crippen LogP contribution in [-0.2, 0) is 14.6 Å². The summed E-state index contributed by atoms with van der Waals surface area (Å²) in [4.78, 5) is 28.0. The van der Waals surface area contributed by atoms with Crippen LogP contribution in [0.2, 0.25) is 5.02 Å². The van der Waals surface area contributed by atoms with E-state index >= 15 is 0 Å². The first-order valence-electron chi connectivity index (χ1n) is 11.2. The Labute approximate surface area is 207 Å². The van der Waals surface area contributed by atoms with Crippen LogP contribution < -0.4 is 5.32 Å². The Kier molecular flexibility index (Phi) is 6.91. The molecule has 3 unspecified atom stereocenters. The summed E-state index contributed by atoms with van der Waals surface area (Å²) in [7, 11) is -3.53. The first-order valence-corrected chi connectivity index (χ1v) is 13.3. The topological polar surface area (TPSA) is 104 Å². The van der Waals surface area contributed by atoms with Gasteiger partial charge in [-0.05, 0) is 56.0 Å². The minimum atomic E-state index is -3.53. The molecule has 1 aliphatic carbocycles. The van der Waals surface area contributed by atoms with Gasteiger partial charge in [0.1, 0.15) is 17.7 Å². The van der Waals surface area contributed by atoms with Crippen molar-refractivity contribution in [2.24, 2.45) is 5.92 Å². The van der Waals surface area contributed by atoms with Gasteiger partial charge in [0.15, 0.2) is 9.84 Å². The number of nitrogens with zero attached hydrogens (tertiary/aromatic N) is 1. The van der Waals surface area contributed by atoms with Crippen molar-refractivity contribution >= 4 is 33.3 Å². The van der Waals surface area contributed by atoms with E-state index in [9.17, 15) is 31.9 Å². The van der Waals surface area contributed by atoms with Gasteiger partial charge in [-0.2, -0.15) is 0 Å². The largest absolute Gasteiger partial charge is 0.391 e. The lowest BCUT2D eigenvalue weighted by molar-refractivity contribution is -0.127. The number of nitrogens with one attached hydrogen (secondary N) is 1. The molecule has 1 heterocycles. The zero-order valence-corrected chi connectivity index (χ0v) is 20.6. The summed E-state index contributed by atoms with van der Waals surface area (Å²) in [6, 6.07) is 4.93. The number of rotatable bonds is 7. The number of aliphatic hydroxyl groups excluding tert-OH is 1. The van der Waals surface area contributed by atoms with Gasteiger partial charge in [0, 0.05) is 17.2 Å². The van der Waals surface area contributed by atoms with E-state index in [0.717, 1.165) is 18.6 Å². The molecule has 7 nitrogen and oxygen atoms in total. The van der Waals surface area contributed by atoms with Gasteiger partial charge in [-0.15, -0.1) is 0 Å². The fourth-order valence-corrected chi connectivity index (χ4v) is 5.68. The molecule has 11 heteroatoms. The molecule has 188 valence electrons. The summed E-state index contributed by atoms with van der Waals surface area (Å²) >= 11 is 5.61. The molecule has 0 aromatic heterocycles. The molecule has 2 aromatic rings. The average molecular weight is 527 g/mol. The van der Waals surface area contributed by atoms with E-state index < -0.39 is 56.5 Å². The van der Waals surface area contributed by atoms with Gasteiger partial charge in [-0.25, -0.2) is 17.2 Å². The number of hydrogen-bond acceptors (Lipinski definition) is 5. The van der Waals surface area contributed by atoms with Crippen LogP contribution in [0.4, 0.5) is 8.78 Å². The summed E-state index contributed by atoms with van der Waals surface area (Å²) in [6.07, 6.45) is -0.177. The molecule has 0 radical (unpaired) electrons. The van der Waals surface area contributed by atoms with Crippen LogP contribution in [0.25, 0.3) is 0 Å². The number of amides is 2. The fourth-order valence-electron chi connectivity index (χ4n) is 4.60. The molecule has 5 atom stereocenters. The SMILES string of the molecule is CCS(=O)(=O)c1cccc(C(=O)N2C(C(=O)N[C@@H](c3cc(F)c(Cl)cc3F)[C@H](C)O)CC3CC32)c1. The molecule has 2 amide bonds. The van der Waals surface area contributed by atoms with Crippen molar-refractivity contribution in [3.05, 3.63) is 64.2 Å². The van der Waals surface area contributed by atoms with Crippen LogP contribution in [0.5, 0.6) is 0 Å². The summed E-state index contributed by atoms with van der Waals surface area (Å²) in [5, 5.41) is 12.3. The number of hydrogen-bond donors (Lipinski definition) is 2. The molecule has 1 saturated heterocycles. The van der Waals surface area contributed by atoms with E-state index in [-0.39, 0.29) is 33.7 Å². The van der Waals surface area contributed by atoms with Gasteiger partial charge in [0.05, 0.1) is 27.8 Å². The second kappa shape index (κ2) is 9.48. The Morgan fingerprint density at radius 1 is 1.20 bits per heavy atom. The summed E-state index contributed by atoms with van der Waals surface area (Å²) < 4.78 is 53.0. The highest BCUT2D eigenvalue weighted by molar-refractivity contribution is 7.91. The van der Waals surface area contributed by atoms with Crippen molar-refractivity contribution in [3.63, 3.8) is 0 Å². The zero-order chi connectivity index (χ0) is 25.7. The summed E-state index contributed by atoms with van der Waals surface area (Å²) in [5.41, 5.74) is -0.128. The van der Waals surface area contributed by atoms with Crippen LogP contribution in [0.1, 0.15) is 48.7 Å². The molecule has 2 N–H and O–H groups in total. The van der Waals surface area contributed by atoms with E-state index in [1.54, 1.807) is 0 Å². The standard InChI is InChI=1S/C24H25ClF2N2O5S/c1-3-35(33,34)15-6-4-5-13(7-15)24(32)29-20-8-14(20)9-21(29)23(31)28-22(12(2)30)16-10-19(27)17(25)11-18(16)26/h4-7,10-12,14,20-22,30H,3,8-9H2,1-2H3,(H,28,31)/t12-,14?,20?,21?,22+/m0/s1. The Hall–Kier alpha value is -2.56. The molecular formula is C24H25ClF2N2O5S. The third-order valence-corrected chi connectivity index (χ3v) is 8.64. The van der Waals surface area contributed by atoms with Crippen LogP contribution in [0.3, 0.4) is 0 Å². The number of benzene rings is 2. The number of likely N-dealkylation sites (tertiary alicyclic amines) is 1. The van der Waals surface area contributed by atoms with Crippen molar-refractivity contribution in [1.29, 1.82) is 0 Å². The highest BCUT2D eigenvalue weighted by Gasteiger charge is 2.56. The van der Waals surface area contributed by atoms with Gasteiger partial charge < -0.3 is 15.3 Å². The summed E-state index contributed by atoms with van der Waals surface area (Å²) in [5.74, 6) is -2.90. The first-order chi connectivity index (χ1) is 16.4. The molecule has 0 bridgehead atoms. The number of fused-ring (bicyclic) bond motifs is 1. The maximum absolute atomic E-state index is 14.5. The lowest BCUT2D eigenvalue weighted by Crippen LogP contribution is -2.50. The lowest BCUT2D eigenvalue weighted by Gasteiger charge is -2.30. The monoisotopic (exact) mass is 526 g/mol. The molecule has 1 aliphatic heterocycles. The normalized spacial score (nSPS) is 22.9. The maximum atomic E-state index is 14.5. The van der Waals surface area contributed by atoms with Gasteiger partial charge in [0.2, 0.25) is 5.91 Å². The van der Waals surface area contributed by atoms with Gasteiger partial charge in [-0.3, -0.25) is 9.59 Å². The molecular weight excluding hydrogens is 502 g/mol. The van der Waals surface area contributed by atoms with E-state index in [4.69, 9.17) is 11.6 Å². The summed E-state index contributed by atoms with van der Waals surface area (Å²) in [6.45, 7) is 2.83. The molecule has 2 aromatic carbocycles. The molecule has 0 spiro atoms. The number of aliphatic hydroxyl groups is 1. The molecule has 1 saturated carbocycles. The second-order valence-electron chi connectivity index (χ2n) is 8.97.